The fourth-order valence-corrected chi connectivity index (χ4v) is 5.98. The first-order chi connectivity index (χ1) is 17.2. The zero-order chi connectivity index (χ0) is 26.0. The molecular formula is C28H30O8. The van der Waals surface area contributed by atoms with Crippen LogP contribution in [0.1, 0.15) is 61.5 Å². The average Bonchev–Trinajstić information content (AvgIpc) is 2.88. The fourth-order valence-electron chi connectivity index (χ4n) is 5.98. The lowest BCUT2D eigenvalue weighted by molar-refractivity contribution is -0.155. The summed E-state index contributed by atoms with van der Waals surface area (Å²) in [6.45, 7) is 0. The Balaban J connectivity index is 1.44. The molecule has 6 unspecified atom stereocenters. The van der Waals surface area contributed by atoms with Gasteiger partial charge in [-0.3, -0.25) is 19.2 Å². The van der Waals surface area contributed by atoms with Crippen LogP contribution in [0.2, 0.25) is 0 Å². The second kappa shape index (κ2) is 10.5. The molecular weight excluding hydrogens is 464 g/mol. The quantitative estimate of drug-likeness (QED) is 0.433. The number of benzene rings is 2. The van der Waals surface area contributed by atoms with Gasteiger partial charge in [-0.25, -0.2) is 0 Å². The molecule has 8 nitrogen and oxygen atoms in total. The highest BCUT2D eigenvalue weighted by atomic mass is 16.4. The van der Waals surface area contributed by atoms with Gasteiger partial charge < -0.3 is 20.4 Å². The van der Waals surface area contributed by atoms with Crippen molar-refractivity contribution in [2.75, 3.05) is 0 Å². The molecule has 4 N–H and O–H groups in total. The molecule has 2 aromatic carbocycles. The van der Waals surface area contributed by atoms with Gasteiger partial charge in [0.2, 0.25) is 0 Å². The summed E-state index contributed by atoms with van der Waals surface area (Å²) in [6, 6.07) is 15.8. The summed E-state index contributed by atoms with van der Waals surface area (Å²) < 4.78 is 0. The van der Waals surface area contributed by atoms with E-state index in [1.807, 2.05) is 48.5 Å². The Morgan fingerprint density at radius 3 is 1.06 bits per heavy atom. The van der Waals surface area contributed by atoms with Crippen LogP contribution in [-0.2, 0) is 19.2 Å². The molecule has 8 heteroatoms. The first kappa shape index (κ1) is 25.4. The number of hydrogen-bond acceptors (Lipinski definition) is 4. The standard InChI is InChI=1S/C28H30O8/c29-25(30)21-11-9-19(13-23(21)27(33)34)17-5-1-15(2-6-17)16-3-7-18(8-4-16)20-10-12-22(26(31)32)24(14-20)28(35)36/h1-8,19-24H,9-14H2,(H,29,30)(H,31,32)(H,33,34)(H,35,36). The summed E-state index contributed by atoms with van der Waals surface area (Å²) in [7, 11) is 0. The van der Waals surface area contributed by atoms with E-state index in [4.69, 9.17) is 0 Å². The monoisotopic (exact) mass is 494 g/mol. The highest BCUT2D eigenvalue weighted by molar-refractivity contribution is 5.81. The van der Waals surface area contributed by atoms with Crippen molar-refractivity contribution in [1.82, 2.24) is 0 Å². The molecule has 0 amide bonds. The van der Waals surface area contributed by atoms with Gasteiger partial charge in [0.25, 0.3) is 0 Å². The van der Waals surface area contributed by atoms with E-state index in [2.05, 4.69) is 0 Å². The predicted octanol–water partition coefficient (Wildman–Crippen LogP) is 4.69. The van der Waals surface area contributed by atoms with Gasteiger partial charge in [0.15, 0.2) is 0 Å². The van der Waals surface area contributed by atoms with Gasteiger partial charge in [0.05, 0.1) is 23.7 Å². The van der Waals surface area contributed by atoms with Gasteiger partial charge >= 0.3 is 23.9 Å². The number of carboxylic acid groups (broad SMARTS) is 4. The fraction of sp³-hybridized carbons (Fsp3) is 0.429. The van der Waals surface area contributed by atoms with Crippen LogP contribution in [0, 0.1) is 23.7 Å². The molecule has 190 valence electrons. The second-order valence-corrected chi connectivity index (χ2v) is 10.0. The van der Waals surface area contributed by atoms with Gasteiger partial charge in [0.1, 0.15) is 0 Å². The molecule has 36 heavy (non-hydrogen) atoms. The minimum Gasteiger partial charge on any atom is -0.481 e. The van der Waals surface area contributed by atoms with E-state index in [1.54, 1.807) is 0 Å². The number of hydrogen-bond donors (Lipinski definition) is 4. The van der Waals surface area contributed by atoms with E-state index in [-0.39, 0.29) is 11.8 Å². The van der Waals surface area contributed by atoms with E-state index in [0.717, 1.165) is 22.3 Å². The summed E-state index contributed by atoms with van der Waals surface area (Å²) in [5, 5.41) is 37.7. The maximum Gasteiger partial charge on any atom is 0.307 e. The van der Waals surface area contributed by atoms with E-state index in [0.29, 0.717) is 38.5 Å². The largest absolute Gasteiger partial charge is 0.481 e. The maximum absolute atomic E-state index is 11.6. The van der Waals surface area contributed by atoms with Gasteiger partial charge in [-0.2, -0.15) is 0 Å². The Kier molecular flexibility index (Phi) is 7.43. The minimum atomic E-state index is -1.06. The molecule has 0 radical (unpaired) electrons. The molecule has 0 bridgehead atoms. The van der Waals surface area contributed by atoms with Crippen LogP contribution < -0.4 is 0 Å². The van der Waals surface area contributed by atoms with Crippen LogP contribution in [-0.4, -0.2) is 44.3 Å². The van der Waals surface area contributed by atoms with Crippen molar-refractivity contribution in [3.63, 3.8) is 0 Å². The van der Waals surface area contributed by atoms with Crippen LogP contribution in [0.15, 0.2) is 48.5 Å². The van der Waals surface area contributed by atoms with Crippen molar-refractivity contribution in [2.24, 2.45) is 23.7 Å². The Hall–Kier alpha value is -3.68. The molecule has 4 rings (SSSR count). The lowest BCUT2D eigenvalue weighted by Gasteiger charge is -2.32. The lowest BCUT2D eigenvalue weighted by atomic mass is 9.71. The van der Waals surface area contributed by atoms with Gasteiger partial charge in [-0.15, -0.1) is 0 Å². The normalized spacial score (nSPS) is 28.2. The smallest absolute Gasteiger partial charge is 0.307 e. The van der Waals surface area contributed by atoms with E-state index >= 15 is 0 Å². The van der Waals surface area contributed by atoms with Crippen molar-refractivity contribution < 1.29 is 39.6 Å². The Morgan fingerprint density at radius 1 is 0.472 bits per heavy atom. The third-order valence-corrected chi connectivity index (χ3v) is 8.07. The average molecular weight is 495 g/mol. The topological polar surface area (TPSA) is 149 Å². The van der Waals surface area contributed by atoms with Crippen LogP contribution in [0.25, 0.3) is 11.1 Å². The zero-order valence-corrected chi connectivity index (χ0v) is 19.7. The van der Waals surface area contributed by atoms with Gasteiger partial charge in [-0.05, 0) is 72.6 Å². The molecule has 0 aliphatic heterocycles. The number of rotatable bonds is 7. The Morgan fingerprint density at radius 2 is 0.778 bits per heavy atom. The molecule has 0 heterocycles. The van der Waals surface area contributed by atoms with Crippen LogP contribution >= 0.6 is 0 Å². The predicted molar refractivity (Wildman–Crippen MR) is 130 cm³/mol. The van der Waals surface area contributed by atoms with Crippen molar-refractivity contribution in [2.45, 2.75) is 50.4 Å². The SMILES string of the molecule is O=C(O)C1CCC(c2ccc(-c3ccc(C4CCC(C(=O)O)C(C(=O)O)C4)cc3)cc2)CC1C(=O)O. The van der Waals surface area contributed by atoms with E-state index in [1.165, 1.54) is 0 Å². The Bertz CT molecular complexity index is 1050. The summed E-state index contributed by atoms with van der Waals surface area (Å²) in [4.78, 5) is 46.0. The first-order valence-corrected chi connectivity index (χ1v) is 12.3. The summed E-state index contributed by atoms with van der Waals surface area (Å²) in [5.74, 6) is -7.68. The number of carboxylic acids is 4. The highest BCUT2D eigenvalue weighted by Gasteiger charge is 2.40. The van der Waals surface area contributed by atoms with Crippen LogP contribution in [0.3, 0.4) is 0 Å². The summed E-state index contributed by atoms with van der Waals surface area (Å²) in [5.41, 5.74) is 3.97. The van der Waals surface area contributed by atoms with E-state index < -0.39 is 47.5 Å². The van der Waals surface area contributed by atoms with Gasteiger partial charge in [0, 0.05) is 0 Å². The van der Waals surface area contributed by atoms with Crippen molar-refractivity contribution in [3.8, 4) is 11.1 Å². The first-order valence-electron chi connectivity index (χ1n) is 12.3. The second-order valence-electron chi connectivity index (χ2n) is 10.0. The number of carbonyl (C=O) groups is 4. The van der Waals surface area contributed by atoms with Crippen LogP contribution in [0.5, 0.6) is 0 Å². The molecule has 2 aliphatic rings. The third kappa shape index (κ3) is 5.27. The molecule has 2 aliphatic carbocycles. The van der Waals surface area contributed by atoms with Gasteiger partial charge in [-0.1, -0.05) is 48.5 Å². The molecule has 0 aromatic heterocycles. The number of aliphatic carboxylic acids is 4. The molecule has 2 aromatic rings. The van der Waals surface area contributed by atoms with Crippen molar-refractivity contribution in [3.05, 3.63) is 59.7 Å². The maximum atomic E-state index is 11.6. The lowest BCUT2D eigenvalue weighted by Crippen LogP contribution is -2.35. The van der Waals surface area contributed by atoms with Crippen LogP contribution in [0.4, 0.5) is 0 Å². The zero-order valence-electron chi connectivity index (χ0n) is 19.7. The molecule has 6 atom stereocenters. The molecule has 0 saturated heterocycles. The summed E-state index contributed by atoms with van der Waals surface area (Å²) in [6.07, 6.45) is 2.57. The molecule has 2 saturated carbocycles. The molecule has 0 spiro atoms. The van der Waals surface area contributed by atoms with E-state index in [9.17, 15) is 39.6 Å². The van der Waals surface area contributed by atoms with Crippen molar-refractivity contribution in [1.29, 1.82) is 0 Å². The highest BCUT2D eigenvalue weighted by Crippen LogP contribution is 2.42. The third-order valence-electron chi connectivity index (χ3n) is 8.07. The minimum absolute atomic E-state index is 0.00115. The Labute approximate surface area is 208 Å². The van der Waals surface area contributed by atoms with Crippen molar-refractivity contribution >= 4 is 23.9 Å². The molecule has 2 fully saturated rings. The summed E-state index contributed by atoms with van der Waals surface area (Å²) >= 11 is 0.